The van der Waals surface area contributed by atoms with Crippen molar-refractivity contribution in [3.8, 4) is 0 Å². The number of benzene rings is 1. The summed E-state index contributed by atoms with van der Waals surface area (Å²) in [5.74, 6) is -0.132. The van der Waals surface area contributed by atoms with Gasteiger partial charge in [0.1, 0.15) is 0 Å². The molecule has 0 saturated carbocycles. The molecule has 5 nitrogen and oxygen atoms in total. The Labute approximate surface area is 117 Å². The van der Waals surface area contributed by atoms with Crippen molar-refractivity contribution in [1.82, 2.24) is 4.98 Å². The predicted octanol–water partition coefficient (Wildman–Crippen LogP) is 3.42. The number of rotatable bonds is 6. The van der Waals surface area contributed by atoms with Gasteiger partial charge in [-0.25, -0.2) is 0 Å². The minimum Gasteiger partial charge on any atom is -0.380 e. The molecule has 0 aliphatic rings. The van der Waals surface area contributed by atoms with E-state index in [1.54, 1.807) is 6.07 Å². The monoisotopic (exact) mass is 271 g/mol. The lowest BCUT2D eigenvalue weighted by Gasteiger charge is -2.14. The van der Waals surface area contributed by atoms with Crippen LogP contribution < -0.4 is 5.32 Å². The number of hydrogen-bond acceptors (Lipinski definition) is 4. The molecule has 2 rings (SSSR count). The van der Waals surface area contributed by atoms with Crippen molar-refractivity contribution in [2.24, 2.45) is 0 Å². The van der Waals surface area contributed by atoms with Crippen LogP contribution in [0.4, 0.5) is 11.5 Å². The molecule has 1 N–H and O–H groups in total. The van der Waals surface area contributed by atoms with Gasteiger partial charge in [-0.3, -0.25) is 0 Å². The van der Waals surface area contributed by atoms with E-state index < -0.39 is 4.92 Å². The van der Waals surface area contributed by atoms with E-state index in [0.717, 1.165) is 18.5 Å². The van der Waals surface area contributed by atoms with Crippen molar-refractivity contribution in [2.75, 3.05) is 5.32 Å². The standard InChI is InChI=1S/C15H17N3O2/c1-12(7-8-13-5-3-2-4-6-13)17-14-9-10-15(16-11-14)18(19)20/h2-6,9-12,17H,7-8H2,1H3. The average Bonchev–Trinajstić information content (AvgIpc) is 2.47. The van der Waals surface area contributed by atoms with E-state index in [1.165, 1.54) is 17.8 Å². The lowest BCUT2D eigenvalue weighted by Crippen LogP contribution is -2.16. The third-order valence-electron chi connectivity index (χ3n) is 3.06. The van der Waals surface area contributed by atoms with E-state index >= 15 is 0 Å². The van der Waals surface area contributed by atoms with Crippen molar-refractivity contribution >= 4 is 11.5 Å². The predicted molar refractivity (Wildman–Crippen MR) is 78.7 cm³/mol. The SMILES string of the molecule is CC(CCc1ccccc1)Nc1ccc([N+](=O)[O-])nc1. The summed E-state index contributed by atoms with van der Waals surface area (Å²) in [6.07, 6.45) is 3.48. The Hall–Kier alpha value is -2.43. The molecule has 0 aliphatic carbocycles. The molecule has 0 spiro atoms. The maximum atomic E-state index is 10.5. The lowest BCUT2D eigenvalue weighted by atomic mass is 10.1. The zero-order chi connectivity index (χ0) is 14.4. The lowest BCUT2D eigenvalue weighted by molar-refractivity contribution is -0.389. The van der Waals surface area contributed by atoms with Gasteiger partial charge in [0, 0.05) is 12.1 Å². The summed E-state index contributed by atoms with van der Waals surface area (Å²) < 4.78 is 0. The number of aromatic nitrogens is 1. The van der Waals surface area contributed by atoms with Crippen LogP contribution in [0, 0.1) is 10.1 Å². The minimum atomic E-state index is -0.497. The first-order valence-electron chi connectivity index (χ1n) is 6.56. The average molecular weight is 271 g/mol. The summed E-state index contributed by atoms with van der Waals surface area (Å²) >= 11 is 0. The molecule has 5 heteroatoms. The second-order valence-electron chi connectivity index (χ2n) is 4.73. The zero-order valence-electron chi connectivity index (χ0n) is 11.3. The van der Waals surface area contributed by atoms with Crippen LogP contribution in [-0.4, -0.2) is 15.9 Å². The van der Waals surface area contributed by atoms with E-state index in [2.05, 4.69) is 29.4 Å². The number of aryl methyl sites for hydroxylation is 1. The van der Waals surface area contributed by atoms with Gasteiger partial charge < -0.3 is 15.4 Å². The summed E-state index contributed by atoms with van der Waals surface area (Å²) in [5, 5.41) is 13.8. The van der Waals surface area contributed by atoms with E-state index in [1.807, 2.05) is 18.2 Å². The van der Waals surface area contributed by atoms with Gasteiger partial charge in [0.15, 0.2) is 6.20 Å². The molecule has 1 aromatic carbocycles. The Kier molecular flexibility index (Phi) is 4.65. The molecule has 0 aliphatic heterocycles. The highest BCUT2D eigenvalue weighted by atomic mass is 16.6. The molecular weight excluding hydrogens is 254 g/mol. The smallest absolute Gasteiger partial charge is 0.363 e. The van der Waals surface area contributed by atoms with Crippen LogP contribution in [0.15, 0.2) is 48.7 Å². The number of nitrogens with zero attached hydrogens (tertiary/aromatic N) is 2. The third-order valence-corrected chi connectivity index (χ3v) is 3.06. The molecular formula is C15H17N3O2. The van der Waals surface area contributed by atoms with Gasteiger partial charge in [-0.1, -0.05) is 30.3 Å². The van der Waals surface area contributed by atoms with E-state index in [9.17, 15) is 10.1 Å². The van der Waals surface area contributed by atoms with Gasteiger partial charge in [0.05, 0.1) is 5.69 Å². The van der Waals surface area contributed by atoms with Crippen LogP contribution in [0.1, 0.15) is 18.9 Å². The fourth-order valence-electron chi connectivity index (χ4n) is 1.96. The second-order valence-corrected chi connectivity index (χ2v) is 4.73. The topological polar surface area (TPSA) is 68.1 Å². The summed E-state index contributed by atoms with van der Waals surface area (Å²) in [5.41, 5.74) is 2.11. The second kappa shape index (κ2) is 6.65. The number of anilines is 1. The number of hydrogen-bond donors (Lipinski definition) is 1. The fourth-order valence-corrected chi connectivity index (χ4v) is 1.96. The van der Waals surface area contributed by atoms with Gasteiger partial charge in [0.25, 0.3) is 0 Å². The summed E-state index contributed by atoms with van der Waals surface area (Å²) in [7, 11) is 0. The molecule has 1 aromatic heterocycles. The van der Waals surface area contributed by atoms with Crippen molar-refractivity contribution in [1.29, 1.82) is 0 Å². The minimum absolute atomic E-state index is 0.132. The Morgan fingerprint density at radius 3 is 2.60 bits per heavy atom. The largest absolute Gasteiger partial charge is 0.380 e. The Balaban J connectivity index is 1.85. The normalized spacial score (nSPS) is 11.8. The highest BCUT2D eigenvalue weighted by Gasteiger charge is 2.08. The molecule has 1 atom stereocenters. The van der Waals surface area contributed by atoms with Gasteiger partial charge in [-0.15, -0.1) is 0 Å². The Morgan fingerprint density at radius 1 is 1.25 bits per heavy atom. The van der Waals surface area contributed by atoms with Gasteiger partial charge in [-0.2, -0.15) is 0 Å². The molecule has 0 amide bonds. The fraction of sp³-hybridized carbons (Fsp3) is 0.267. The molecule has 0 bridgehead atoms. The summed E-state index contributed by atoms with van der Waals surface area (Å²) in [4.78, 5) is 13.8. The first-order chi connectivity index (χ1) is 9.65. The van der Waals surface area contributed by atoms with E-state index in [4.69, 9.17) is 0 Å². The molecule has 0 saturated heterocycles. The number of nitrogens with one attached hydrogen (secondary N) is 1. The summed E-state index contributed by atoms with van der Waals surface area (Å²) in [6, 6.07) is 13.7. The van der Waals surface area contributed by atoms with Gasteiger partial charge in [0.2, 0.25) is 0 Å². The molecule has 2 aromatic rings. The van der Waals surface area contributed by atoms with Crippen molar-refractivity contribution in [2.45, 2.75) is 25.8 Å². The van der Waals surface area contributed by atoms with Crippen LogP contribution in [0.25, 0.3) is 0 Å². The van der Waals surface area contributed by atoms with Gasteiger partial charge >= 0.3 is 5.82 Å². The number of nitro groups is 1. The molecule has 0 radical (unpaired) electrons. The molecule has 104 valence electrons. The van der Waals surface area contributed by atoms with Crippen LogP contribution in [0.5, 0.6) is 0 Å². The highest BCUT2D eigenvalue weighted by molar-refractivity contribution is 5.44. The first kappa shape index (κ1) is 14.0. The van der Waals surface area contributed by atoms with Crippen LogP contribution in [0.2, 0.25) is 0 Å². The van der Waals surface area contributed by atoms with Crippen LogP contribution in [0.3, 0.4) is 0 Å². The van der Waals surface area contributed by atoms with Crippen LogP contribution in [-0.2, 0) is 6.42 Å². The maximum Gasteiger partial charge on any atom is 0.363 e. The Morgan fingerprint density at radius 2 is 2.00 bits per heavy atom. The third kappa shape index (κ3) is 4.05. The van der Waals surface area contributed by atoms with E-state index in [0.29, 0.717) is 0 Å². The highest BCUT2D eigenvalue weighted by Crippen LogP contribution is 2.14. The maximum absolute atomic E-state index is 10.5. The molecule has 20 heavy (non-hydrogen) atoms. The van der Waals surface area contributed by atoms with Crippen LogP contribution >= 0.6 is 0 Å². The quantitative estimate of drug-likeness (QED) is 0.645. The Bertz CT molecular complexity index is 555. The van der Waals surface area contributed by atoms with Crippen molar-refractivity contribution < 1.29 is 4.92 Å². The van der Waals surface area contributed by atoms with Gasteiger partial charge in [-0.05, 0) is 41.3 Å². The molecule has 1 unspecified atom stereocenters. The zero-order valence-corrected chi connectivity index (χ0v) is 11.3. The summed E-state index contributed by atoms with van der Waals surface area (Å²) in [6.45, 7) is 2.09. The molecule has 0 fully saturated rings. The van der Waals surface area contributed by atoms with E-state index in [-0.39, 0.29) is 11.9 Å². The first-order valence-corrected chi connectivity index (χ1v) is 6.56. The van der Waals surface area contributed by atoms with Crippen molar-refractivity contribution in [3.05, 3.63) is 64.3 Å². The molecule has 1 heterocycles. The number of pyridine rings is 1. The van der Waals surface area contributed by atoms with Crippen molar-refractivity contribution in [3.63, 3.8) is 0 Å².